The Morgan fingerprint density at radius 1 is 1.30 bits per heavy atom. The van der Waals surface area contributed by atoms with Crippen LogP contribution < -0.4 is 10.5 Å². The molecule has 1 aromatic rings. The smallest absolute Gasteiger partial charge is 0.214 e. The number of hydrogen-bond donors (Lipinski definition) is 1. The molecule has 1 aromatic carbocycles. The highest BCUT2D eigenvalue weighted by atomic mass is 32.2. The van der Waals surface area contributed by atoms with Crippen molar-refractivity contribution in [1.29, 1.82) is 0 Å². The highest BCUT2D eigenvalue weighted by Gasteiger charge is 2.46. The predicted molar refractivity (Wildman–Crippen MR) is 106 cm³/mol. The van der Waals surface area contributed by atoms with Gasteiger partial charge in [-0.05, 0) is 56.2 Å². The lowest BCUT2D eigenvalue weighted by Crippen LogP contribution is -2.57. The maximum atomic E-state index is 13.0. The zero-order valence-electron chi connectivity index (χ0n) is 16.1. The molecule has 0 bridgehead atoms. The van der Waals surface area contributed by atoms with Crippen LogP contribution in [-0.4, -0.2) is 62.7 Å². The minimum absolute atomic E-state index is 0.0960. The fraction of sp³-hybridized carbons (Fsp3) is 0.700. The van der Waals surface area contributed by atoms with Crippen LogP contribution in [-0.2, 0) is 16.4 Å². The van der Waals surface area contributed by atoms with Crippen LogP contribution in [0.3, 0.4) is 0 Å². The molecule has 0 amide bonds. The van der Waals surface area contributed by atoms with Gasteiger partial charge in [-0.25, -0.2) is 8.42 Å². The molecule has 150 valence electrons. The predicted octanol–water partition coefficient (Wildman–Crippen LogP) is 1.76. The summed E-state index contributed by atoms with van der Waals surface area (Å²) >= 11 is 0. The molecule has 3 aliphatic rings. The third-order valence-corrected chi connectivity index (χ3v) is 8.56. The lowest BCUT2D eigenvalue weighted by Gasteiger charge is -2.52. The molecule has 3 heterocycles. The zero-order chi connectivity index (χ0) is 19.0. The van der Waals surface area contributed by atoms with Gasteiger partial charge in [0.1, 0.15) is 5.75 Å². The summed E-state index contributed by atoms with van der Waals surface area (Å²) in [5.41, 5.74) is 8.19. The lowest BCUT2D eigenvalue weighted by atomic mass is 9.77. The number of hydrogen-bond acceptors (Lipinski definition) is 5. The van der Waals surface area contributed by atoms with E-state index < -0.39 is 10.0 Å². The van der Waals surface area contributed by atoms with E-state index in [1.54, 1.807) is 7.11 Å². The number of ether oxygens (including phenoxy) is 1. The molecule has 7 heteroatoms. The largest absolute Gasteiger partial charge is 0.496 e. The Kier molecular flexibility index (Phi) is 5.47. The topological polar surface area (TPSA) is 75.9 Å². The van der Waals surface area contributed by atoms with Gasteiger partial charge in [-0.15, -0.1) is 0 Å². The molecule has 2 saturated heterocycles. The highest BCUT2D eigenvalue weighted by Crippen LogP contribution is 2.46. The van der Waals surface area contributed by atoms with Crippen molar-refractivity contribution in [2.75, 3.05) is 39.0 Å². The van der Waals surface area contributed by atoms with E-state index >= 15 is 0 Å². The Bertz CT molecular complexity index is 768. The molecule has 0 aromatic heterocycles. The van der Waals surface area contributed by atoms with Gasteiger partial charge in [0, 0.05) is 37.3 Å². The fourth-order valence-electron chi connectivity index (χ4n) is 5.34. The van der Waals surface area contributed by atoms with Gasteiger partial charge in [-0.2, -0.15) is 4.31 Å². The summed E-state index contributed by atoms with van der Waals surface area (Å²) in [6, 6.07) is 6.63. The Hall–Kier alpha value is -1.15. The maximum absolute atomic E-state index is 13.0. The second kappa shape index (κ2) is 7.70. The van der Waals surface area contributed by atoms with E-state index in [0.29, 0.717) is 25.4 Å². The van der Waals surface area contributed by atoms with Crippen LogP contribution in [0.15, 0.2) is 18.2 Å². The van der Waals surface area contributed by atoms with Crippen LogP contribution in [0.5, 0.6) is 5.75 Å². The monoisotopic (exact) mass is 393 g/mol. The summed E-state index contributed by atoms with van der Waals surface area (Å²) in [5, 5.41) is 0. The van der Waals surface area contributed by atoms with Crippen molar-refractivity contribution in [3.63, 3.8) is 0 Å². The van der Waals surface area contributed by atoms with Crippen molar-refractivity contribution < 1.29 is 13.2 Å². The van der Waals surface area contributed by atoms with Crippen molar-refractivity contribution in [3.05, 3.63) is 29.3 Å². The average molecular weight is 394 g/mol. The molecule has 0 aliphatic carbocycles. The first kappa shape index (κ1) is 19.2. The van der Waals surface area contributed by atoms with E-state index in [9.17, 15) is 8.42 Å². The molecule has 0 saturated carbocycles. The van der Waals surface area contributed by atoms with Crippen molar-refractivity contribution in [3.8, 4) is 5.75 Å². The van der Waals surface area contributed by atoms with E-state index in [1.165, 1.54) is 11.1 Å². The molecule has 2 N–H and O–H groups in total. The molecule has 3 atom stereocenters. The van der Waals surface area contributed by atoms with Gasteiger partial charge >= 0.3 is 0 Å². The van der Waals surface area contributed by atoms with Crippen LogP contribution in [0.2, 0.25) is 0 Å². The van der Waals surface area contributed by atoms with Crippen LogP contribution in [0.25, 0.3) is 0 Å². The molecule has 2 fully saturated rings. The summed E-state index contributed by atoms with van der Waals surface area (Å²) in [7, 11) is -1.52. The van der Waals surface area contributed by atoms with Crippen LogP contribution in [0.1, 0.15) is 42.9 Å². The molecular formula is C20H31N3O3S. The van der Waals surface area contributed by atoms with E-state index in [1.807, 2.05) is 10.4 Å². The Morgan fingerprint density at radius 2 is 2.15 bits per heavy atom. The number of sulfonamides is 1. The standard InChI is InChI=1S/C20H31N3O3S/c1-26-19-7-2-5-15-8-11-22-14-16-6-3-10-23(27(24,25)12-4-9-21)17(16)13-18(22)20(15)19/h2,5,7,16-18H,3-4,6,8-14,21H2,1H3/t16-,17+,18-/m0/s1. The molecule has 3 aliphatic heterocycles. The summed E-state index contributed by atoms with van der Waals surface area (Å²) in [4.78, 5) is 2.56. The number of nitrogens with zero attached hydrogens (tertiary/aromatic N) is 2. The first-order valence-electron chi connectivity index (χ1n) is 10.1. The van der Waals surface area contributed by atoms with Gasteiger partial charge in [0.25, 0.3) is 0 Å². The number of nitrogens with two attached hydrogens (primary N) is 1. The number of rotatable bonds is 5. The highest BCUT2D eigenvalue weighted by molar-refractivity contribution is 7.89. The lowest BCUT2D eigenvalue weighted by molar-refractivity contribution is 0.0210. The fourth-order valence-corrected chi connectivity index (χ4v) is 7.18. The number of benzene rings is 1. The second-order valence-corrected chi connectivity index (χ2v) is 10.1. The summed E-state index contributed by atoms with van der Waals surface area (Å²) in [6.07, 6.45) is 4.51. The van der Waals surface area contributed by atoms with E-state index in [2.05, 4.69) is 17.0 Å². The van der Waals surface area contributed by atoms with E-state index in [0.717, 1.165) is 44.5 Å². The third-order valence-electron chi connectivity index (χ3n) is 6.58. The minimum Gasteiger partial charge on any atom is -0.496 e. The van der Waals surface area contributed by atoms with Crippen LogP contribution >= 0.6 is 0 Å². The van der Waals surface area contributed by atoms with Gasteiger partial charge < -0.3 is 10.5 Å². The Balaban J connectivity index is 1.65. The number of methoxy groups -OCH3 is 1. The summed E-state index contributed by atoms with van der Waals surface area (Å²) < 4.78 is 33.4. The van der Waals surface area contributed by atoms with Gasteiger partial charge in [-0.1, -0.05) is 12.1 Å². The van der Waals surface area contributed by atoms with Crippen molar-refractivity contribution in [1.82, 2.24) is 9.21 Å². The van der Waals surface area contributed by atoms with Crippen molar-refractivity contribution in [2.45, 2.75) is 44.2 Å². The Morgan fingerprint density at radius 3 is 2.93 bits per heavy atom. The normalized spacial score (nSPS) is 28.9. The first-order valence-corrected chi connectivity index (χ1v) is 11.8. The number of piperidine rings is 2. The van der Waals surface area contributed by atoms with Gasteiger partial charge in [-0.3, -0.25) is 4.90 Å². The molecule has 0 radical (unpaired) electrons. The molecular weight excluding hydrogens is 362 g/mol. The first-order chi connectivity index (χ1) is 13.0. The molecule has 4 rings (SSSR count). The van der Waals surface area contributed by atoms with Crippen LogP contribution in [0, 0.1) is 5.92 Å². The quantitative estimate of drug-likeness (QED) is 0.825. The van der Waals surface area contributed by atoms with Crippen molar-refractivity contribution in [2.24, 2.45) is 11.7 Å². The minimum atomic E-state index is -3.24. The van der Waals surface area contributed by atoms with Gasteiger partial charge in [0.2, 0.25) is 10.0 Å². The average Bonchev–Trinajstić information content (AvgIpc) is 2.69. The van der Waals surface area contributed by atoms with Gasteiger partial charge in [0.05, 0.1) is 12.9 Å². The molecule has 0 unspecified atom stereocenters. The summed E-state index contributed by atoms with van der Waals surface area (Å²) in [5.74, 6) is 1.54. The Labute approximate surface area is 162 Å². The SMILES string of the molecule is COc1cccc2c1[C@@H]1C[C@@H]3[C@@H](CCCN3S(=O)(=O)CCCN)CN1CC2. The second-order valence-electron chi connectivity index (χ2n) is 8.07. The van der Waals surface area contributed by atoms with Gasteiger partial charge in [0.15, 0.2) is 0 Å². The molecule has 6 nitrogen and oxygen atoms in total. The molecule has 0 spiro atoms. The third kappa shape index (κ3) is 3.50. The number of fused-ring (bicyclic) bond motifs is 4. The van der Waals surface area contributed by atoms with Crippen molar-refractivity contribution >= 4 is 10.0 Å². The van der Waals surface area contributed by atoms with E-state index in [4.69, 9.17) is 10.5 Å². The van der Waals surface area contributed by atoms with E-state index in [-0.39, 0.29) is 17.8 Å². The summed E-state index contributed by atoms with van der Waals surface area (Å²) in [6.45, 7) is 3.10. The van der Waals surface area contributed by atoms with Crippen LogP contribution in [0.4, 0.5) is 0 Å². The molecule has 27 heavy (non-hydrogen) atoms. The maximum Gasteiger partial charge on any atom is 0.214 e. The zero-order valence-corrected chi connectivity index (χ0v) is 17.0.